The Morgan fingerprint density at radius 2 is 1.81 bits per heavy atom. The Bertz CT molecular complexity index is 471. The van der Waals surface area contributed by atoms with Gasteiger partial charge in [0.15, 0.2) is 0 Å². The zero-order valence-corrected chi connectivity index (χ0v) is 13.3. The summed E-state index contributed by atoms with van der Waals surface area (Å²) >= 11 is 3.45. The number of nitrogens with two attached hydrogens (primary N) is 1. The van der Waals surface area contributed by atoms with Gasteiger partial charge in [-0.05, 0) is 30.7 Å². The molecule has 0 aliphatic carbocycles. The molecule has 1 heterocycles. The molecular formula is C14H19BrF3N3. The number of nitrogens with zero attached hydrogens (tertiary/aromatic N) is 2. The van der Waals surface area contributed by atoms with Crippen LogP contribution in [-0.4, -0.2) is 50.3 Å². The third kappa shape index (κ3) is 4.86. The molecule has 0 saturated carbocycles. The predicted molar refractivity (Wildman–Crippen MR) is 81.6 cm³/mol. The van der Waals surface area contributed by atoms with Crippen LogP contribution in [0, 0.1) is 0 Å². The highest BCUT2D eigenvalue weighted by atomic mass is 79.9. The van der Waals surface area contributed by atoms with Crippen molar-refractivity contribution in [2.75, 3.05) is 44.2 Å². The van der Waals surface area contributed by atoms with Crippen molar-refractivity contribution in [3.63, 3.8) is 0 Å². The molecule has 1 aliphatic rings. The van der Waals surface area contributed by atoms with Crippen LogP contribution in [-0.2, 0) is 6.42 Å². The summed E-state index contributed by atoms with van der Waals surface area (Å²) in [5.74, 6) is 0. The Labute approximate surface area is 131 Å². The first kappa shape index (κ1) is 16.6. The van der Waals surface area contributed by atoms with Crippen LogP contribution in [0.3, 0.4) is 0 Å². The number of benzene rings is 1. The van der Waals surface area contributed by atoms with Crippen LogP contribution in [0.5, 0.6) is 0 Å². The van der Waals surface area contributed by atoms with E-state index in [0.29, 0.717) is 32.7 Å². The number of piperazine rings is 1. The van der Waals surface area contributed by atoms with Gasteiger partial charge in [0.2, 0.25) is 0 Å². The molecule has 7 heteroatoms. The maximum Gasteiger partial charge on any atom is 0.401 e. The summed E-state index contributed by atoms with van der Waals surface area (Å²) in [5, 5.41) is 0. The van der Waals surface area contributed by atoms with Crippen molar-refractivity contribution in [2.45, 2.75) is 12.6 Å². The van der Waals surface area contributed by atoms with E-state index in [9.17, 15) is 13.2 Å². The Kier molecular flexibility index (Phi) is 5.51. The van der Waals surface area contributed by atoms with E-state index in [0.717, 1.165) is 22.1 Å². The maximum absolute atomic E-state index is 12.4. The number of hydrogen-bond acceptors (Lipinski definition) is 3. The lowest BCUT2D eigenvalue weighted by atomic mass is 10.1. The average Bonchev–Trinajstić information content (AvgIpc) is 2.40. The summed E-state index contributed by atoms with van der Waals surface area (Å²) < 4.78 is 38.2. The molecule has 0 bridgehead atoms. The van der Waals surface area contributed by atoms with E-state index in [1.165, 1.54) is 4.90 Å². The smallest absolute Gasteiger partial charge is 0.369 e. The Balaban J connectivity index is 2.03. The van der Waals surface area contributed by atoms with E-state index in [1.54, 1.807) is 0 Å². The van der Waals surface area contributed by atoms with Gasteiger partial charge in [-0.15, -0.1) is 0 Å². The molecule has 0 atom stereocenters. The van der Waals surface area contributed by atoms with Crippen molar-refractivity contribution >= 4 is 21.6 Å². The molecule has 1 aromatic rings. The normalized spacial score (nSPS) is 17.3. The standard InChI is InChI=1S/C14H19BrF3N3/c15-12-2-1-11(3-4-19)13(9-12)21-7-5-20(6-8-21)10-14(16,17)18/h1-2,9H,3-8,10,19H2. The van der Waals surface area contributed by atoms with Crippen LogP contribution in [0.4, 0.5) is 18.9 Å². The number of rotatable bonds is 4. The Morgan fingerprint density at radius 3 is 2.38 bits per heavy atom. The van der Waals surface area contributed by atoms with Crippen molar-refractivity contribution in [2.24, 2.45) is 5.73 Å². The molecule has 0 unspecified atom stereocenters. The van der Waals surface area contributed by atoms with Crippen molar-refractivity contribution in [3.05, 3.63) is 28.2 Å². The fourth-order valence-corrected chi connectivity index (χ4v) is 2.95. The molecular weight excluding hydrogens is 347 g/mol. The Hall–Kier alpha value is -0.790. The predicted octanol–water partition coefficient (Wildman–Crippen LogP) is 2.63. The van der Waals surface area contributed by atoms with Gasteiger partial charge in [0.25, 0.3) is 0 Å². The molecule has 1 aromatic carbocycles. The number of anilines is 1. The van der Waals surface area contributed by atoms with Crippen LogP contribution < -0.4 is 10.6 Å². The van der Waals surface area contributed by atoms with Gasteiger partial charge in [0.1, 0.15) is 0 Å². The van der Waals surface area contributed by atoms with Gasteiger partial charge in [-0.2, -0.15) is 13.2 Å². The van der Waals surface area contributed by atoms with Crippen LogP contribution in [0.15, 0.2) is 22.7 Å². The molecule has 1 aliphatic heterocycles. The van der Waals surface area contributed by atoms with E-state index < -0.39 is 12.7 Å². The zero-order chi connectivity index (χ0) is 15.5. The van der Waals surface area contributed by atoms with Gasteiger partial charge < -0.3 is 10.6 Å². The molecule has 3 nitrogen and oxygen atoms in total. The van der Waals surface area contributed by atoms with E-state index >= 15 is 0 Å². The van der Waals surface area contributed by atoms with E-state index in [4.69, 9.17) is 5.73 Å². The summed E-state index contributed by atoms with van der Waals surface area (Å²) in [6.45, 7) is 1.79. The second kappa shape index (κ2) is 6.98. The third-order valence-corrected chi connectivity index (χ3v) is 4.07. The lowest BCUT2D eigenvalue weighted by Crippen LogP contribution is -2.49. The van der Waals surface area contributed by atoms with Crippen molar-refractivity contribution in [1.29, 1.82) is 0 Å². The molecule has 0 spiro atoms. The summed E-state index contributed by atoms with van der Waals surface area (Å²) in [5.41, 5.74) is 7.84. The lowest BCUT2D eigenvalue weighted by molar-refractivity contribution is -0.146. The molecule has 0 aromatic heterocycles. The molecule has 2 N–H and O–H groups in total. The summed E-state index contributed by atoms with van der Waals surface area (Å²) in [6, 6.07) is 6.01. The van der Waals surface area contributed by atoms with Crippen LogP contribution in [0.2, 0.25) is 0 Å². The second-order valence-electron chi connectivity index (χ2n) is 5.19. The fourth-order valence-electron chi connectivity index (χ4n) is 2.60. The highest BCUT2D eigenvalue weighted by Gasteiger charge is 2.32. The third-order valence-electron chi connectivity index (χ3n) is 3.58. The number of alkyl halides is 3. The molecule has 1 saturated heterocycles. The highest BCUT2D eigenvalue weighted by molar-refractivity contribution is 9.10. The van der Waals surface area contributed by atoms with E-state index in [-0.39, 0.29) is 0 Å². The van der Waals surface area contributed by atoms with Crippen LogP contribution in [0.25, 0.3) is 0 Å². The van der Waals surface area contributed by atoms with Gasteiger partial charge in [-0.3, -0.25) is 4.90 Å². The fraction of sp³-hybridized carbons (Fsp3) is 0.571. The minimum absolute atomic E-state index is 0.425. The summed E-state index contributed by atoms with van der Waals surface area (Å²) in [6.07, 6.45) is -3.35. The van der Waals surface area contributed by atoms with Crippen molar-refractivity contribution in [3.8, 4) is 0 Å². The number of hydrogen-bond donors (Lipinski definition) is 1. The van der Waals surface area contributed by atoms with Crippen LogP contribution in [0.1, 0.15) is 5.56 Å². The monoisotopic (exact) mass is 365 g/mol. The summed E-state index contributed by atoms with van der Waals surface area (Å²) in [4.78, 5) is 3.60. The topological polar surface area (TPSA) is 32.5 Å². The van der Waals surface area contributed by atoms with Gasteiger partial charge in [0.05, 0.1) is 6.54 Å². The SMILES string of the molecule is NCCc1ccc(Br)cc1N1CCN(CC(F)(F)F)CC1. The van der Waals surface area contributed by atoms with Gasteiger partial charge in [-0.25, -0.2) is 0 Å². The van der Waals surface area contributed by atoms with E-state index in [1.807, 2.05) is 18.2 Å². The second-order valence-corrected chi connectivity index (χ2v) is 6.11. The quantitative estimate of drug-likeness (QED) is 0.890. The van der Waals surface area contributed by atoms with Gasteiger partial charge in [-0.1, -0.05) is 22.0 Å². The van der Waals surface area contributed by atoms with Crippen molar-refractivity contribution in [1.82, 2.24) is 4.90 Å². The molecule has 21 heavy (non-hydrogen) atoms. The molecule has 118 valence electrons. The minimum atomic E-state index is -4.12. The lowest BCUT2D eigenvalue weighted by Gasteiger charge is -2.37. The largest absolute Gasteiger partial charge is 0.401 e. The van der Waals surface area contributed by atoms with E-state index in [2.05, 4.69) is 20.8 Å². The van der Waals surface area contributed by atoms with Crippen LogP contribution >= 0.6 is 15.9 Å². The highest BCUT2D eigenvalue weighted by Crippen LogP contribution is 2.27. The zero-order valence-electron chi connectivity index (χ0n) is 11.7. The van der Waals surface area contributed by atoms with Crippen molar-refractivity contribution < 1.29 is 13.2 Å². The molecule has 1 fully saturated rings. The van der Waals surface area contributed by atoms with Gasteiger partial charge >= 0.3 is 6.18 Å². The molecule has 2 rings (SSSR count). The van der Waals surface area contributed by atoms with Gasteiger partial charge in [0, 0.05) is 36.3 Å². The maximum atomic E-state index is 12.4. The average molecular weight is 366 g/mol. The first-order valence-corrected chi connectivity index (χ1v) is 7.71. The first-order valence-electron chi connectivity index (χ1n) is 6.91. The first-order chi connectivity index (χ1) is 9.89. The minimum Gasteiger partial charge on any atom is -0.369 e. The summed E-state index contributed by atoms with van der Waals surface area (Å²) in [7, 11) is 0. The molecule has 0 amide bonds. The number of halogens is 4. The Morgan fingerprint density at radius 1 is 1.14 bits per heavy atom. The molecule has 0 radical (unpaired) electrons.